The number of hydrogen-bond donors (Lipinski definition) is 8. The fraction of sp³-hybridized carbons (Fsp3) is 0.969. The zero-order chi connectivity index (χ0) is 33.9. The Balaban J connectivity index is 1.03. The summed E-state index contributed by atoms with van der Waals surface area (Å²) in [5, 5.41) is 57.9. The predicted octanol–water partition coefficient (Wildman–Crippen LogP) is -1.44. The van der Waals surface area contributed by atoms with E-state index >= 15 is 8.78 Å². The highest BCUT2D eigenvalue weighted by Gasteiger charge is 2.42. The molecule has 4 aliphatic rings. The lowest BCUT2D eigenvalue weighted by molar-refractivity contribution is -0.141. The van der Waals surface area contributed by atoms with Gasteiger partial charge in [-0.05, 0) is 31.6 Å². The maximum absolute atomic E-state index is 15.0. The highest BCUT2D eigenvalue weighted by atomic mass is 19.1. The summed E-state index contributed by atoms with van der Waals surface area (Å²) < 4.78 is 41.3. The molecule has 1 amide bonds. The number of carbonyl (C=O) groups excluding carboxylic acids is 1. The molecule has 0 aromatic rings. The molecule has 4 fully saturated rings. The summed E-state index contributed by atoms with van der Waals surface area (Å²) in [6, 6.07) is 0. The van der Waals surface area contributed by atoms with Gasteiger partial charge < -0.3 is 45.2 Å². The van der Waals surface area contributed by atoms with Crippen LogP contribution in [0.1, 0.15) is 44.9 Å². The van der Waals surface area contributed by atoms with E-state index in [9.17, 15) is 25.2 Å². The van der Waals surface area contributed by atoms with E-state index in [1.807, 2.05) is 0 Å². The molecule has 2 unspecified atom stereocenters. The molecule has 1 saturated carbocycles. The Morgan fingerprint density at radius 1 is 0.957 bits per heavy atom. The van der Waals surface area contributed by atoms with Gasteiger partial charge in [0.2, 0.25) is 5.91 Å². The van der Waals surface area contributed by atoms with E-state index in [0.29, 0.717) is 38.1 Å². The summed E-state index contributed by atoms with van der Waals surface area (Å²) in [6.07, 6.45) is -5.18. The van der Waals surface area contributed by atoms with E-state index in [1.165, 1.54) is 0 Å². The van der Waals surface area contributed by atoms with Crippen LogP contribution in [0.2, 0.25) is 0 Å². The highest BCUT2D eigenvalue weighted by molar-refractivity contribution is 5.77. The Morgan fingerprint density at radius 2 is 1.60 bits per heavy atom. The van der Waals surface area contributed by atoms with Crippen molar-refractivity contribution in [3.8, 4) is 0 Å². The van der Waals surface area contributed by atoms with Gasteiger partial charge in [-0.1, -0.05) is 0 Å². The normalized spacial score (nSPS) is 32.5. The zero-order valence-electron chi connectivity index (χ0n) is 27.8. The molecular formula is C32H59F2N5O8. The molecule has 274 valence electrons. The largest absolute Gasteiger partial charge is 0.394 e. The molecule has 0 aromatic carbocycles. The topological polar surface area (TPSA) is 179 Å². The highest BCUT2D eigenvalue weighted by Crippen LogP contribution is 2.35. The number of aliphatic hydroxyl groups excluding tert-OH is 5. The molecule has 0 bridgehead atoms. The quantitative estimate of drug-likeness (QED) is 0.0793. The van der Waals surface area contributed by atoms with Gasteiger partial charge in [0.15, 0.2) is 0 Å². The first kappa shape index (κ1) is 38.7. The molecule has 0 spiro atoms. The third kappa shape index (κ3) is 11.5. The van der Waals surface area contributed by atoms with Crippen LogP contribution in [-0.4, -0.2) is 170 Å². The van der Waals surface area contributed by atoms with E-state index in [4.69, 9.17) is 14.6 Å². The van der Waals surface area contributed by atoms with Crippen molar-refractivity contribution in [1.82, 2.24) is 25.8 Å². The monoisotopic (exact) mass is 679 g/mol. The second-order valence-electron chi connectivity index (χ2n) is 14.1. The summed E-state index contributed by atoms with van der Waals surface area (Å²) in [7, 11) is 1.74. The predicted molar refractivity (Wildman–Crippen MR) is 170 cm³/mol. The number of rotatable bonds is 18. The van der Waals surface area contributed by atoms with Crippen molar-refractivity contribution < 1.29 is 48.6 Å². The Hall–Kier alpha value is -1.11. The molecule has 6 atom stereocenters. The molecule has 3 aliphatic heterocycles. The summed E-state index contributed by atoms with van der Waals surface area (Å²) in [5.41, 5.74) is 0. The van der Waals surface area contributed by atoms with Crippen LogP contribution in [0.5, 0.6) is 0 Å². The van der Waals surface area contributed by atoms with Crippen molar-refractivity contribution in [1.29, 1.82) is 0 Å². The lowest BCUT2D eigenvalue weighted by Gasteiger charge is -2.42. The number of likely N-dealkylation sites (tertiary alicyclic amines) is 2. The van der Waals surface area contributed by atoms with Crippen molar-refractivity contribution in [2.75, 3.05) is 79.3 Å². The van der Waals surface area contributed by atoms with Crippen LogP contribution >= 0.6 is 0 Å². The summed E-state index contributed by atoms with van der Waals surface area (Å²) in [4.78, 5) is 16.8. The van der Waals surface area contributed by atoms with Crippen molar-refractivity contribution in [2.24, 2.45) is 23.7 Å². The number of ether oxygens (including phenoxy) is 2. The number of hydrogen-bond acceptors (Lipinski definition) is 12. The summed E-state index contributed by atoms with van der Waals surface area (Å²) in [6.45, 7) is 5.69. The molecule has 0 radical (unpaired) electrons. The first-order valence-corrected chi connectivity index (χ1v) is 17.5. The van der Waals surface area contributed by atoms with Gasteiger partial charge in [0.05, 0.1) is 25.4 Å². The molecule has 13 nitrogen and oxygen atoms in total. The third-order valence-electron chi connectivity index (χ3n) is 10.5. The Labute approximate surface area is 277 Å². The number of nitrogens with one attached hydrogen (secondary N) is 3. The minimum Gasteiger partial charge on any atom is -0.394 e. The number of halogens is 2. The van der Waals surface area contributed by atoms with Crippen LogP contribution in [0.3, 0.4) is 0 Å². The van der Waals surface area contributed by atoms with E-state index in [2.05, 4.69) is 20.9 Å². The van der Waals surface area contributed by atoms with Crippen LogP contribution in [0.25, 0.3) is 0 Å². The van der Waals surface area contributed by atoms with Gasteiger partial charge in [0.25, 0.3) is 0 Å². The van der Waals surface area contributed by atoms with Crippen LogP contribution in [0, 0.1) is 23.7 Å². The standard InChI is InChI=1S/C32H59F2N5O8/c1-46-19-21-13-36-32(37-14-21)38-6-4-20(5-7-38)3-2-8-47-23-9-25(33)24(26(34)10-23)11-29(43)39-16-22(17-39)12-35-15-27(41)30(44)31(45)28(42)18-40/h20-28,30-32,35-37,40-42,44-45H,2-19H2,1H3/t21?,23?,24?,25?,26?,27-,28+,30+,31+,32?/m0/s1. The number of methoxy groups -OCH3 is 1. The molecule has 0 aromatic heterocycles. The van der Waals surface area contributed by atoms with Crippen LogP contribution in [-0.2, 0) is 14.3 Å². The number of nitrogens with zero attached hydrogens (tertiary/aromatic N) is 2. The molecule has 4 rings (SSSR count). The Morgan fingerprint density at radius 3 is 2.21 bits per heavy atom. The first-order chi connectivity index (χ1) is 22.6. The smallest absolute Gasteiger partial charge is 0.223 e. The van der Waals surface area contributed by atoms with Gasteiger partial charge in [-0.2, -0.15) is 0 Å². The summed E-state index contributed by atoms with van der Waals surface area (Å²) in [5.74, 6) is -0.0377. The van der Waals surface area contributed by atoms with Gasteiger partial charge in [0, 0.05) is 103 Å². The molecular weight excluding hydrogens is 620 g/mol. The number of piperidine rings is 1. The molecule has 1 aliphatic carbocycles. The lowest BCUT2D eigenvalue weighted by Crippen LogP contribution is -2.62. The van der Waals surface area contributed by atoms with Crippen LogP contribution in [0.15, 0.2) is 0 Å². The second kappa shape index (κ2) is 19.3. The summed E-state index contributed by atoms with van der Waals surface area (Å²) >= 11 is 0. The average Bonchev–Trinajstić information content (AvgIpc) is 3.05. The molecule has 8 N–H and O–H groups in total. The van der Waals surface area contributed by atoms with E-state index < -0.39 is 55.4 Å². The van der Waals surface area contributed by atoms with Gasteiger partial charge in [-0.25, -0.2) is 8.78 Å². The van der Waals surface area contributed by atoms with Gasteiger partial charge in [-0.15, -0.1) is 0 Å². The number of amides is 1. The van der Waals surface area contributed by atoms with E-state index in [1.54, 1.807) is 12.0 Å². The van der Waals surface area contributed by atoms with Gasteiger partial charge >= 0.3 is 0 Å². The third-order valence-corrected chi connectivity index (χ3v) is 10.5. The Kier molecular flexibility index (Phi) is 15.9. The minimum atomic E-state index is -1.69. The molecule has 47 heavy (non-hydrogen) atoms. The second-order valence-corrected chi connectivity index (χ2v) is 14.1. The zero-order valence-corrected chi connectivity index (χ0v) is 27.8. The first-order valence-electron chi connectivity index (χ1n) is 17.5. The van der Waals surface area contributed by atoms with Crippen LogP contribution in [0.4, 0.5) is 8.78 Å². The average molecular weight is 680 g/mol. The Bertz CT molecular complexity index is 899. The van der Waals surface area contributed by atoms with Gasteiger partial charge in [0.1, 0.15) is 36.9 Å². The number of alkyl halides is 2. The number of carbonyl (C=O) groups is 1. The molecule has 3 heterocycles. The number of aliphatic hydroxyl groups is 5. The SMILES string of the molecule is COCC1CNC(N2CCC(CCCOC3CC(F)C(CC(=O)N4CC(CNC[C@H](O)[C@@H](O)[C@H](O)[C@H](O)CO)C4)C(F)C3)CC2)NC1. The van der Waals surface area contributed by atoms with E-state index in [0.717, 1.165) is 58.5 Å². The van der Waals surface area contributed by atoms with Crippen molar-refractivity contribution in [2.45, 2.75) is 94.1 Å². The van der Waals surface area contributed by atoms with Crippen molar-refractivity contribution in [3.05, 3.63) is 0 Å². The maximum Gasteiger partial charge on any atom is 0.223 e. The van der Waals surface area contributed by atoms with Gasteiger partial charge in [-0.3, -0.25) is 20.3 Å². The minimum absolute atomic E-state index is 0.0641. The fourth-order valence-electron chi connectivity index (χ4n) is 7.35. The van der Waals surface area contributed by atoms with Crippen molar-refractivity contribution >= 4 is 5.91 Å². The van der Waals surface area contributed by atoms with Crippen molar-refractivity contribution in [3.63, 3.8) is 0 Å². The lowest BCUT2D eigenvalue weighted by atomic mass is 9.81. The molecule has 15 heteroatoms. The van der Waals surface area contributed by atoms with Crippen LogP contribution < -0.4 is 16.0 Å². The van der Waals surface area contributed by atoms with E-state index in [-0.39, 0.29) is 43.9 Å². The maximum atomic E-state index is 15.0. The molecule has 3 saturated heterocycles. The fourth-order valence-corrected chi connectivity index (χ4v) is 7.35.